The molecule has 0 spiro atoms. The number of ether oxygens (including phenoxy) is 4. The van der Waals surface area contributed by atoms with Crippen LogP contribution in [0.3, 0.4) is 0 Å². The Morgan fingerprint density at radius 2 is 1.74 bits per heavy atom. The number of hydrogen-bond donors (Lipinski definition) is 1. The average Bonchev–Trinajstić information content (AvgIpc) is 2.88. The SMILES string of the molecule is COC(=O)COc1ccc([C@@H](CC(=O)OC)c2oc(CN3CCCCC3)cc(=O)c2O)cc1OC. The van der Waals surface area contributed by atoms with E-state index in [9.17, 15) is 19.5 Å². The molecule has 35 heavy (non-hydrogen) atoms. The number of hydrogen-bond acceptors (Lipinski definition) is 10. The molecular formula is C25H31NO9. The number of methoxy groups -OCH3 is 3. The number of aromatic hydroxyl groups is 1. The maximum atomic E-state index is 12.6. The second kappa shape index (κ2) is 12.3. The smallest absolute Gasteiger partial charge is 0.343 e. The summed E-state index contributed by atoms with van der Waals surface area (Å²) < 4.78 is 26.3. The summed E-state index contributed by atoms with van der Waals surface area (Å²) in [6, 6.07) is 6.08. The van der Waals surface area contributed by atoms with Gasteiger partial charge in [0.2, 0.25) is 11.2 Å². The fourth-order valence-corrected chi connectivity index (χ4v) is 4.03. The molecule has 0 radical (unpaired) electrons. The second-order valence-electron chi connectivity index (χ2n) is 8.23. The van der Waals surface area contributed by atoms with Crippen molar-refractivity contribution < 1.29 is 38.1 Å². The molecule has 1 aliphatic heterocycles. The maximum Gasteiger partial charge on any atom is 0.343 e. The molecule has 1 aliphatic rings. The van der Waals surface area contributed by atoms with Crippen LogP contribution in [0.4, 0.5) is 0 Å². The van der Waals surface area contributed by atoms with Gasteiger partial charge < -0.3 is 28.5 Å². The van der Waals surface area contributed by atoms with E-state index in [1.807, 2.05) is 0 Å². The van der Waals surface area contributed by atoms with Gasteiger partial charge in [-0.05, 0) is 43.6 Å². The van der Waals surface area contributed by atoms with E-state index in [0.29, 0.717) is 17.9 Å². The van der Waals surface area contributed by atoms with Gasteiger partial charge in [0, 0.05) is 6.07 Å². The molecule has 10 nitrogen and oxygen atoms in total. The molecule has 1 atom stereocenters. The lowest BCUT2D eigenvalue weighted by Gasteiger charge is -2.26. The molecule has 0 amide bonds. The van der Waals surface area contributed by atoms with Crippen LogP contribution in [0.25, 0.3) is 0 Å². The summed E-state index contributed by atoms with van der Waals surface area (Å²) in [5.41, 5.74) is -0.0654. The zero-order valence-corrected chi connectivity index (χ0v) is 20.2. The normalized spacial score (nSPS) is 14.7. The van der Waals surface area contributed by atoms with Gasteiger partial charge in [0.1, 0.15) is 5.76 Å². The van der Waals surface area contributed by atoms with Crippen molar-refractivity contribution in [1.29, 1.82) is 0 Å². The van der Waals surface area contributed by atoms with Gasteiger partial charge in [-0.1, -0.05) is 12.5 Å². The van der Waals surface area contributed by atoms with Crippen molar-refractivity contribution in [3.05, 3.63) is 51.6 Å². The largest absolute Gasteiger partial charge is 0.502 e. The van der Waals surface area contributed by atoms with Crippen molar-refractivity contribution in [2.45, 2.75) is 38.1 Å². The Bertz CT molecular complexity index is 1090. The number of nitrogens with zero attached hydrogens (tertiary/aromatic N) is 1. The Hall–Kier alpha value is -3.53. The predicted molar refractivity (Wildman–Crippen MR) is 125 cm³/mol. The summed E-state index contributed by atoms with van der Waals surface area (Å²) >= 11 is 0. The van der Waals surface area contributed by atoms with Crippen molar-refractivity contribution >= 4 is 11.9 Å². The molecule has 0 unspecified atom stereocenters. The highest BCUT2D eigenvalue weighted by molar-refractivity contribution is 5.72. The first kappa shape index (κ1) is 26.1. The standard InChI is InChI=1S/C25H31NO9/c1-31-21-11-16(7-8-20(21)34-15-23(29)33-3)18(13-22(28)32-2)25-24(30)19(27)12-17(35-25)14-26-9-5-4-6-10-26/h7-8,11-12,18,30H,4-6,9-10,13-15H2,1-3H3/t18-/m1/s1. The Balaban J connectivity index is 1.99. The van der Waals surface area contributed by atoms with Gasteiger partial charge in [-0.2, -0.15) is 0 Å². The third-order valence-corrected chi connectivity index (χ3v) is 5.91. The van der Waals surface area contributed by atoms with Crippen molar-refractivity contribution in [2.75, 3.05) is 41.0 Å². The van der Waals surface area contributed by atoms with Gasteiger partial charge >= 0.3 is 11.9 Å². The first-order valence-corrected chi connectivity index (χ1v) is 11.4. The zero-order valence-electron chi connectivity index (χ0n) is 20.2. The maximum absolute atomic E-state index is 12.6. The van der Waals surface area contributed by atoms with Gasteiger partial charge in [-0.25, -0.2) is 4.79 Å². The minimum absolute atomic E-state index is 0.0276. The number of esters is 2. The topological polar surface area (TPSA) is 125 Å². The van der Waals surface area contributed by atoms with E-state index < -0.39 is 29.0 Å². The summed E-state index contributed by atoms with van der Waals surface area (Å²) in [5.74, 6) is -1.56. The lowest BCUT2D eigenvalue weighted by molar-refractivity contribution is -0.143. The monoisotopic (exact) mass is 489 g/mol. The van der Waals surface area contributed by atoms with E-state index in [4.69, 9.17) is 18.6 Å². The number of benzene rings is 1. The Morgan fingerprint density at radius 3 is 2.40 bits per heavy atom. The van der Waals surface area contributed by atoms with Crippen LogP contribution in [-0.4, -0.2) is 63.0 Å². The van der Waals surface area contributed by atoms with Crippen LogP contribution >= 0.6 is 0 Å². The predicted octanol–water partition coefficient (Wildman–Crippen LogP) is 2.59. The average molecular weight is 490 g/mol. The van der Waals surface area contributed by atoms with Gasteiger partial charge in [0.15, 0.2) is 23.9 Å². The summed E-state index contributed by atoms with van der Waals surface area (Å²) in [7, 11) is 3.94. The molecule has 1 N–H and O–H groups in total. The molecule has 0 saturated carbocycles. The van der Waals surface area contributed by atoms with E-state index in [2.05, 4.69) is 9.64 Å². The summed E-state index contributed by atoms with van der Waals surface area (Å²) in [6.07, 6.45) is 3.13. The fraction of sp³-hybridized carbons (Fsp3) is 0.480. The molecule has 1 aromatic heterocycles. The molecule has 1 fully saturated rings. The van der Waals surface area contributed by atoms with E-state index >= 15 is 0 Å². The Morgan fingerprint density at radius 1 is 1.03 bits per heavy atom. The van der Waals surface area contributed by atoms with Crippen LogP contribution in [-0.2, 0) is 25.6 Å². The molecule has 3 rings (SSSR count). The van der Waals surface area contributed by atoms with Crippen molar-refractivity contribution in [3.8, 4) is 17.2 Å². The minimum Gasteiger partial charge on any atom is -0.502 e. The number of rotatable bonds is 10. The van der Waals surface area contributed by atoms with E-state index in [0.717, 1.165) is 25.9 Å². The summed E-state index contributed by atoms with van der Waals surface area (Å²) in [6.45, 7) is 1.91. The highest BCUT2D eigenvalue weighted by atomic mass is 16.6. The van der Waals surface area contributed by atoms with Crippen molar-refractivity contribution in [2.24, 2.45) is 0 Å². The van der Waals surface area contributed by atoms with E-state index in [-0.39, 0.29) is 30.3 Å². The Labute approximate surface area is 203 Å². The van der Waals surface area contributed by atoms with Crippen LogP contribution < -0.4 is 14.9 Å². The van der Waals surface area contributed by atoms with Crippen LogP contribution in [0.5, 0.6) is 17.2 Å². The highest BCUT2D eigenvalue weighted by Gasteiger charge is 2.28. The molecule has 1 saturated heterocycles. The summed E-state index contributed by atoms with van der Waals surface area (Å²) in [4.78, 5) is 38.5. The summed E-state index contributed by atoms with van der Waals surface area (Å²) in [5, 5.41) is 10.6. The third kappa shape index (κ3) is 6.75. The van der Waals surface area contributed by atoms with Crippen LogP contribution in [0, 0.1) is 0 Å². The van der Waals surface area contributed by atoms with Gasteiger partial charge in [0.05, 0.1) is 40.2 Å². The van der Waals surface area contributed by atoms with Gasteiger partial charge in [-0.15, -0.1) is 0 Å². The minimum atomic E-state index is -0.833. The fourth-order valence-electron chi connectivity index (χ4n) is 4.03. The molecule has 190 valence electrons. The third-order valence-electron chi connectivity index (χ3n) is 5.91. The van der Waals surface area contributed by atoms with Gasteiger partial charge in [0.25, 0.3) is 0 Å². The first-order valence-electron chi connectivity index (χ1n) is 11.4. The number of piperidine rings is 1. The molecule has 1 aromatic carbocycles. The number of carbonyl (C=O) groups is 2. The van der Waals surface area contributed by atoms with E-state index in [1.165, 1.54) is 33.8 Å². The van der Waals surface area contributed by atoms with Crippen molar-refractivity contribution in [1.82, 2.24) is 4.90 Å². The highest BCUT2D eigenvalue weighted by Crippen LogP contribution is 2.38. The van der Waals surface area contributed by atoms with Crippen LogP contribution in [0.2, 0.25) is 0 Å². The molecule has 2 heterocycles. The quantitative estimate of drug-likeness (QED) is 0.498. The molecular weight excluding hydrogens is 458 g/mol. The van der Waals surface area contributed by atoms with E-state index in [1.54, 1.807) is 18.2 Å². The molecule has 2 aromatic rings. The van der Waals surface area contributed by atoms with Gasteiger partial charge in [-0.3, -0.25) is 14.5 Å². The molecule has 0 bridgehead atoms. The van der Waals surface area contributed by atoms with Crippen LogP contribution in [0.1, 0.15) is 48.7 Å². The lowest BCUT2D eigenvalue weighted by Crippen LogP contribution is -2.29. The first-order chi connectivity index (χ1) is 16.9. The second-order valence-corrected chi connectivity index (χ2v) is 8.23. The molecule has 0 aliphatic carbocycles. The number of carbonyl (C=O) groups excluding carboxylic acids is 2. The lowest BCUT2D eigenvalue weighted by atomic mass is 9.91. The van der Waals surface area contributed by atoms with Crippen molar-refractivity contribution in [3.63, 3.8) is 0 Å². The van der Waals surface area contributed by atoms with Crippen LogP contribution in [0.15, 0.2) is 33.5 Å². The zero-order chi connectivity index (χ0) is 25.4. The Kier molecular flexibility index (Phi) is 9.13. The molecule has 10 heteroatoms. The number of likely N-dealkylation sites (tertiary alicyclic amines) is 1.